The monoisotopic (exact) mass is 448 g/mol. The van der Waals surface area contributed by atoms with Gasteiger partial charge in [0.15, 0.2) is 17.0 Å². The van der Waals surface area contributed by atoms with Crippen molar-refractivity contribution in [3.8, 4) is 11.4 Å². The quantitative estimate of drug-likeness (QED) is 0.498. The van der Waals surface area contributed by atoms with Crippen LogP contribution in [0.2, 0.25) is 0 Å². The molecule has 0 radical (unpaired) electrons. The van der Waals surface area contributed by atoms with Crippen LogP contribution in [0, 0.1) is 0 Å². The largest absolute Gasteiger partial charge is 0.332 e. The molecule has 0 unspecified atom stereocenters. The van der Waals surface area contributed by atoms with E-state index in [1.54, 1.807) is 19.2 Å². The summed E-state index contributed by atoms with van der Waals surface area (Å²) in [6.07, 6.45) is 5.82. The summed E-state index contributed by atoms with van der Waals surface area (Å²) in [4.78, 5) is 42.1. The minimum atomic E-state index is -0.593. The van der Waals surface area contributed by atoms with Gasteiger partial charge in [0.05, 0.1) is 6.33 Å². The van der Waals surface area contributed by atoms with E-state index in [9.17, 15) is 14.4 Å². The van der Waals surface area contributed by atoms with Crippen molar-refractivity contribution in [3.05, 3.63) is 57.3 Å². The molecule has 3 aromatic heterocycles. The smallest absolute Gasteiger partial charge is 0.328 e. The maximum absolute atomic E-state index is 12.8. The second kappa shape index (κ2) is 8.15. The maximum Gasteiger partial charge on any atom is 0.332 e. The van der Waals surface area contributed by atoms with Crippen molar-refractivity contribution in [2.24, 2.45) is 14.1 Å². The number of fused-ring (bicyclic) bond motifs is 2. The number of amides is 1. The number of benzene rings is 1. The van der Waals surface area contributed by atoms with Gasteiger partial charge in [-0.05, 0) is 37.1 Å². The zero-order chi connectivity index (χ0) is 23.1. The highest BCUT2D eigenvalue weighted by Crippen LogP contribution is 2.24. The lowest BCUT2D eigenvalue weighted by atomic mass is 10.2. The Morgan fingerprint density at radius 1 is 1.06 bits per heavy atom. The minimum Gasteiger partial charge on any atom is -0.328 e. The molecule has 0 aliphatic carbocycles. The maximum atomic E-state index is 12.8. The highest BCUT2D eigenvalue weighted by molar-refractivity contribution is 5.91. The van der Waals surface area contributed by atoms with E-state index in [0.29, 0.717) is 5.69 Å². The van der Waals surface area contributed by atoms with Crippen molar-refractivity contribution >= 4 is 22.8 Å². The van der Waals surface area contributed by atoms with Crippen LogP contribution in [0.1, 0.15) is 25.1 Å². The molecule has 170 valence electrons. The molecule has 0 saturated heterocycles. The number of anilines is 1. The number of rotatable bonds is 4. The fourth-order valence-corrected chi connectivity index (χ4v) is 4.28. The third-order valence-corrected chi connectivity index (χ3v) is 6.04. The molecule has 1 aromatic carbocycles. The summed E-state index contributed by atoms with van der Waals surface area (Å²) in [6, 6.07) is 7.31. The Morgan fingerprint density at radius 3 is 2.64 bits per heavy atom. The van der Waals surface area contributed by atoms with Gasteiger partial charge in [0.25, 0.3) is 5.56 Å². The van der Waals surface area contributed by atoms with Crippen molar-refractivity contribution in [2.75, 3.05) is 5.32 Å². The van der Waals surface area contributed by atoms with Crippen molar-refractivity contribution in [1.82, 2.24) is 33.4 Å². The molecular formula is C22H24N8O3. The Balaban J connectivity index is 1.36. The van der Waals surface area contributed by atoms with E-state index in [-0.39, 0.29) is 11.2 Å². The topological polar surface area (TPSA) is 122 Å². The van der Waals surface area contributed by atoms with E-state index in [1.165, 1.54) is 28.9 Å². The van der Waals surface area contributed by atoms with Crippen LogP contribution in [0.3, 0.4) is 0 Å². The van der Waals surface area contributed by atoms with Crippen LogP contribution in [0.4, 0.5) is 5.69 Å². The fraction of sp³-hybridized carbons (Fsp3) is 0.364. The number of hydrogen-bond donors (Lipinski definition) is 1. The molecule has 1 amide bonds. The summed E-state index contributed by atoms with van der Waals surface area (Å²) in [5, 5.41) is 11.4. The average Bonchev–Trinajstić information content (AvgIpc) is 3.31. The van der Waals surface area contributed by atoms with Crippen LogP contribution < -0.4 is 16.6 Å². The summed E-state index contributed by atoms with van der Waals surface area (Å²) in [5.74, 6) is 1.36. The Hall–Kier alpha value is -4.02. The molecule has 0 saturated carbocycles. The highest BCUT2D eigenvalue weighted by atomic mass is 16.2. The lowest BCUT2D eigenvalue weighted by Gasteiger charge is -2.10. The predicted molar refractivity (Wildman–Crippen MR) is 122 cm³/mol. The minimum absolute atomic E-state index is 0.265. The van der Waals surface area contributed by atoms with E-state index >= 15 is 0 Å². The summed E-state index contributed by atoms with van der Waals surface area (Å²) >= 11 is 0. The number of aryl methyl sites for hydroxylation is 3. The van der Waals surface area contributed by atoms with Crippen LogP contribution in [0.5, 0.6) is 0 Å². The molecule has 0 bridgehead atoms. The zero-order valence-corrected chi connectivity index (χ0v) is 18.5. The lowest BCUT2D eigenvalue weighted by molar-refractivity contribution is -0.116. The van der Waals surface area contributed by atoms with Crippen molar-refractivity contribution in [3.63, 3.8) is 0 Å². The van der Waals surface area contributed by atoms with Crippen LogP contribution in [0.15, 0.2) is 40.2 Å². The van der Waals surface area contributed by atoms with E-state index in [1.807, 2.05) is 12.1 Å². The molecule has 1 aliphatic heterocycles. The average molecular weight is 448 g/mol. The van der Waals surface area contributed by atoms with Gasteiger partial charge in [0.1, 0.15) is 12.4 Å². The number of carbonyl (C=O) groups excluding carboxylic acids is 1. The molecular weight excluding hydrogens is 424 g/mol. The molecule has 4 heterocycles. The molecule has 0 fully saturated rings. The van der Waals surface area contributed by atoms with Gasteiger partial charge >= 0.3 is 5.69 Å². The van der Waals surface area contributed by atoms with Crippen LogP contribution in [-0.4, -0.2) is 39.4 Å². The number of imidazole rings is 1. The molecule has 33 heavy (non-hydrogen) atoms. The van der Waals surface area contributed by atoms with E-state index in [2.05, 4.69) is 25.1 Å². The number of aromatic nitrogens is 7. The van der Waals surface area contributed by atoms with Crippen molar-refractivity contribution in [1.29, 1.82) is 0 Å². The number of carbonyl (C=O) groups is 1. The molecule has 0 atom stereocenters. The first-order valence-corrected chi connectivity index (χ1v) is 10.9. The first-order valence-electron chi connectivity index (χ1n) is 10.9. The lowest BCUT2D eigenvalue weighted by Crippen LogP contribution is -2.42. The van der Waals surface area contributed by atoms with Gasteiger partial charge in [-0.25, -0.2) is 14.3 Å². The molecule has 1 aliphatic rings. The van der Waals surface area contributed by atoms with E-state index in [4.69, 9.17) is 0 Å². The third kappa shape index (κ3) is 3.65. The summed E-state index contributed by atoms with van der Waals surface area (Å²) in [5.41, 5.74) is 0.884. The van der Waals surface area contributed by atoms with Gasteiger partial charge in [-0.1, -0.05) is 6.42 Å². The van der Waals surface area contributed by atoms with Gasteiger partial charge < -0.3 is 14.5 Å². The first kappa shape index (κ1) is 20.9. The Labute approximate surface area is 188 Å². The Morgan fingerprint density at radius 2 is 1.85 bits per heavy atom. The zero-order valence-electron chi connectivity index (χ0n) is 18.5. The number of nitrogens with one attached hydrogen (secondary N) is 1. The first-order chi connectivity index (χ1) is 15.9. The van der Waals surface area contributed by atoms with E-state index < -0.39 is 23.7 Å². The summed E-state index contributed by atoms with van der Waals surface area (Å²) in [7, 11) is 3.19. The molecule has 4 aromatic rings. The normalized spacial score (nSPS) is 13.6. The third-order valence-electron chi connectivity index (χ3n) is 6.04. The van der Waals surface area contributed by atoms with Crippen LogP contribution in [-0.2, 0) is 38.4 Å². The molecule has 0 spiro atoms. The van der Waals surface area contributed by atoms with Gasteiger partial charge in [0.2, 0.25) is 5.91 Å². The SMILES string of the molecule is Cn1cnc2c1c(=O)n(CC(=O)Nc1ccc(-c3nnc4n3CCCCC4)cc1)c(=O)n2C. The standard InChI is InChI=1S/C22H24N8O3/c1-27-13-23-20-18(27)21(32)30(22(33)28(20)2)12-17(31)24-15-9-7-14(8-10-15)19-26-25-16-6-4-3-5-11-29(16)19/h7-10,13H,3-6,11-12H2,1-2H3,(H,24,31). The summed E-state index contributed by atoms with van der Waals surface area (Å²) < 4.78 is 5.88. The van der Waals surface area contributed by atoms with Gasteiger partial charge in [-0.15, -0.1) is 10.2 Å². The van der Waals surface area contributed by atoms with Crippen molar-refractivity contribution in [2.45, 2.75) is 38.8 Å². The molecule has 11 heteroatoms. The molecule has 1 N–H and O–H groups in total. The van der Waals surface area contributed by atoms with Gasteiger partial charge in [-0.3, -0.25) is 14.2 Å². The van der Waals surface area contributed by atoms with Crippen molar-refractivity contribution < 1.29 is 4.79 Å². The van der Waals surface area contributed by atoms with E-state index in [0.717, 1.165) is 47.6 Å². The fourth-order valence-electron chi connectivity index (χ4n) is 4.28. The Bertz CT molecular complexity index is 1470. The molecule has 5 rings (SSSR count). The molecule has 11 nitrogen and oxygen atoms in total. The number of hydrogen-bond acceptors (Lipinski definition) is 6. The van der Waals surface area contributed by atoms with Gasteiger partial charge in [0, 0.05) is 38.3 Å². The van der Waals surface area contributed by atoms with Crippen LogP contribution >= 0.6 is 0 Å². The number of nitrogens with zero attached hydrogens (tertiary/aromatic N) is 7. The summed E-state index contributed by atoms with van der Waals surface area (Å²) in [6.45, 7) is 0.507. The second-order valence-corrected chi connectivity index (χ2v) is 8.29. The van der Waals surface area contributed by atoms with Crippen LogP contribution in [0.25, 0.3) is 22.6 Å². The predicted octanol–water partition coefficient (Wildman–Crippen LogP) is 1.06. The Kier molecular flexibility index (Phi) is 5.15. The van der Waals surface area contributed by atoms with Gasteiger partial charge in [-0.2, -0.15) is 0 Å². The second-order valence-electron chi connectivity index (χ2n) is 8.29. The highest BCUT2D eigenvalue weighted by Gasteiger charge is 2.18.